The second-order valence-corrected chi connectivity index (χ2v) is 5.02. The fraction of sp³-hybridized carbons (Fsp3) is 0.500. The molecule has 2 heterocycles. The second kappa shape index (κ2) is 5.69. The Balaban J connectivity index is 2.10. The molecular weight excluding hydrogens is 259 g/mol. The predicted molar refractivity (Wildman–Crippen MR) is 68.1 cm³/mol. The minimum atomic E-state index is 0.202. The first kappa shape index (κ1) is 12.7. The summed E-state index contributed by atoms with van der Waals surface area (Å²) in [4.78, 5) is 17.7. The topological polar surface area (TPSA) is 33.2 Å². The number of nitrogens with zero attached hydrogens (tertiary/aromatic N) is 2. The third-order valence-electron chi connectivity index (χ3n) is 2.93. The van der Waals surface area contributed by atoms with Gasteiger partial charge in [-0.3, -0.25) is 4.79 Å². The zero-order valence-electron chi connectivity index (χ0n) is 9.46. The van der Waals surface area contributed by atoms with E-state index in [-0.39, 0.29) is 5.91 Å². The first-order valence-corrected chi connectivity index (χ1v) is 6.50. The van der Waals surface area contributed by atoms with Crippen LogP contribution in [0.25, 0.3) is 0 Å². The summed E-state index contributed by atoms with van der Waals surface area (Å²) in [5.74, 6) is 0.202. The van der Waals surface area contributed by atoms with Crippen LogP contribution in [0.5, 0.6) is 0 Å². The highest BCUT2D eigenvalue weighted by Gasteiger charge is 2.17. The lowest BCUT2D eigenvalue weighted by Gasteiger charge is -2.20. The smallest absolute Gasteiger partial charge is 0.222 e. The molecular formula is C12H14Cl2N2O. The van der Waals surface area contributed by atoms with Gasteiger partial charge in [-0.1, -0.05) is 29.6 Å². The Morgan fingerprint density at radius 3 is 2.88 bits per heavy atom. The Hall–Kier alpha value is -0.800. The van der Waals surface area contributed by atoms with Gasteiger partial charge in [0.25, 0.3) is 0 Å². The number of carbonyl (C=O) groups excluding carboxylic acids is 1. The normalized spacial score (nSPS) is 17.1. The van der Waals surface area contributed by atoms with E-state index in [0.29, 0.717) is 23.1 Å². The van der Waals surface area contributed by atoms with Crippen molar-refractivity contribution in [2.24, 2.45) is 0 Å². The lowest BCUT2D eigenvalue weighted by Crippen LogP contribution is -2.29. The monoisotopic (exact) mass is 272 g/mol. The molecule has 0 bridgehead atoms. The van der Waals surface area contributed by atoms with Crippen LogP contribution in [0.2, 0.25) is 10.2 Å². The Labute approximate surface area is 111 Å². The van der Waals surface area contributed by atoms with E-state index >= 15 is 0 Å². The molecule has 0 unspecified atom stereocenters. The van der Waals surface area contributed by atoms with Crippen molar-refractivity contribution in [3.8, 4) is 0 Å². The minimum Gasteiger partial charge on any atom is -0.338 e. The van der Waals surface area contributed by atoms with Crippen molar-refractivity contribution in [3.63, 3.8) is 0 Å². The van der Waals surface area contributed by atoms with Gasteiger partial charge in [0.15, 0.2) is 0 Å². The molecule has 0 spiro atoms. The summed E-state index contributed by atoms with van der Waals surface area (Å²) < 4.78 is 0. The molecule has 5 heteroatoms. The van der Waals surface area contributed by atoms with Crippen molar-refractivity contribution >= 4 is 29.1 Å². The number of amides is 1. The highest BCUT2D eigenvalue weighted by Crippen LogP contribution is 2.21. The van der Waals surface area contributed by atoms with E-state index in [1.807, 2.05) is 4.90 Å². The molecule has 3 nitrogen and oxygen atoms in total. The molecule has 1 saturated heterocycles. The first-order chi connectivity index (χ1) is 8.16. The van der Waals surface area contributed by atoms with Crippen molar-refractivity contribution in [1.82, 2.24) is 9.88 Å². The molecule has 2 rings (SSSR count). The van der Waals surface area contributed by atoms with Gasteiger partial charge in [-0.25, -0.2) is 4.98 Å². The summed E-state index contributed by atoms with van der Waals surface area (Å²) in [6, 6.07) is 1.61. The fourth-order valence-corrected chi connectivity index (χ4v) is 2.39. The van der Waals surface area contributed by atoms with Crippen LogP contribution in [-0.2, 0) is 11.3 Å². The lowest BCUT2D eigenvalue weighted by molar-refractivity contribution is -0.131. The molecule has 0 radical (unpaired) electrons. The van der Waals surface area contributed by atoms with E-state index < -0.39 is 0 Å². The molecule has 1 aromatic heterocycles. The molecule has 0 atom stereocenters. The van der Waals surface area contributed by atoms with E-state index in [1.165, 1.54) is 0 Å². The van der Waals surface area contributed by atoms with E-state index in [9.17, 15) is 4.79 Å². The molecule has 1 fully saturated rings. The van der Waals surface area contributed by atoms with Crippen molar-refractivity contribution in [2.45, 2.75) is 32.2 Å². The van der Waals surface area contributed by atoms with Gasteiger partial charge in [0.2, 0.25) is 5.91 Å². The second-order valence-electron chi connectivity index (χ2n) is 4.22. The molecule has 0 aliphatic carbocycles. The summed E-state index contributed by atoms with van der Waals surface area (Å²) in [5.41, 5.74) is 0.853. The van der Waals surface area contributed by atoms with Crippen molar-refractivity contribution < 1.29 is 4.79 Å². The Morgan fingerprint density at radius 1 is 1.29 bits per heavy atom. The molecule has 1 aliphatic heterocycles. The van der Waals surface area contributed by atoms with Crippen LogP contribution in [-0.4, -0.2) is 22.3 Å². The number of hydrogen-bond donors (Lipinski definition) is 0. The van der Waals surface area contributed by atoms with E-state index in [0.717, 1.165) is 31.4 Å². The van der Waals surface area contributed by atoms with Crippen LogP contribution >= 0.6 is 23.2 Å². The summed E-state index contributed by atoms with van der Waals surface area (Å²) in [5, 5.41) is 0.947. The summed E-state index contributed by atoms with van der Waals surface area (Å²) in [6.45, 7) is 1.33. The maximum atomic E-state index is 11.8. The van der Waals surface area contributed by atoms with Crippen LogP contribution in [0, 0.1) is 0 Å². The maximum Gasteiger partial charge on any atom is 0.222 e. The van der Waals surface area contributed by atoms with Gasteiger partial charge in [0, 0.05) is 31.3 Å². The predicted octanol–water partition coefficient (Wildman–Crippen LogP) is 3.29. The average molecular weight is 273 g/mol. The number of carbonyl (C=O) groups is 1. The molecule has 1 aromatic rings. The summed E-state index contributed by atoms with van der Waals surface area (Å²) in [7, 11) is 0. The molecule has 92 valence electrons. The lowest BCUT2D eigenvalue weighted by atomic mass is 10.2. The quantitative estimate of drug-likeness (QED) is 0.775. The highest BCUT2D eigenvalue weighted by atomic mass is 35.5. The van der Waals surface area contributed by atoms with Gasteiger partial charge in [-0.05, 0) is 18.9 Å². The van der Waals surface area contributed by atoms with Crippen LogP contribution in [0.1, 0.15) is 31.2 Å². The number of pyridine rings is 1. The van der Waals surface area contributed by atoms with Crippen LogP contribution in [0.3, 0.4) is 0 Å². The van der Waals surface area contributed by atoms with Gasteiger partial charge in [0.05, 0.1) is 5.02 Å². The number of aromatic nitrogens is 1. The van der Waals surface area contributed by atoms with Crippen molar-refractivity contribution in [2.75, 3.05) is 6.54 Å². The summed E-state index contributed by atoms with van der Waals surface area (Å²) >= 11 is 11.8. The van der Waals surface area contributed by atoms with Gasteiger partial charge in [0.1, 0.15) is 5.15 Å². The van der Waals surface area contributed by atoms with E-state index in [1.54, 1.807) is 12.3 Å². The zero-order chi connectivity index (χ0) is 12.3. The highest BCUT2D eigenvalue weighted by molar-refractivity contribution is 6.34. The molecule has 0 aromatic carbocycles. The van der Waals surface area contributed by atoms with Crippen molar-refractivity contribution in [3.05, 3.63) is 28.0 Å². The fourth-order valence-electron chi connectivity index (χ4n) is 1.96. The summed E-state index contributed by atoms with van der Waals surface area (Å²) in [6.07, 6.45) is 5.45. The third kappa shape index (κ3) is 3.33. The Bertz CT molecular complexity index is 423. The van der Waals surface area contributed by atoms with Crippen molar-refractivity contribution in [1.29, 1.82) is 0 Å². The van der Waals surface area contributed by atoms with E-state index in [2.05, 4.69) is 4.98 Å². The molecule has 0 saturated carbocycles. The number of halogens is 2. The van der Waals surface area contributed by atoms with Gasteiger partial charge in [-0.2, -0.15) is 0 Å². The van der Waals surface area contributed by atoms with E-state index in [4.69, 9.17) is 23.2 Å². The van der Waals surface area contributed by atoms with Gasteiger partial charge < -0.3 is 4.90 Å². The van der Waals surface area contributed by atoms with Crippen LogP contribution < -0.4 is 0 Å². The molecule has 1 amide bonds. The Morgan fingerprint density at radius 2 is 2.12 bits per heavy atom. The number of rotatable bonds is 2. The number of hydrogen-bond acceptors (Lipinski definition) is 2. The molecule has 0 N–H and O–H groups in total. The average Bonchev–Trinajstić information content (AvgIpc) is 2.48. The van der Waals surface area contributed by atoms with Crippen LogP contribution in [0.4, 0.5) is 0 Å². The third-order valence-corrected chi connectivity index (χ3v) is 3.49. The first-order valence-electron chi connectivity index (χ1n) is 5.74. The minimum absolute atomic E-state index is 0.202. The maximum absolute atomic E-state index is 11.8. The Kier molecular flexibility index (Phi) is 4.24. The number of likely N-dealkylation sites (tertiary alicyclic amines) is 1. The van der Waals surface area contributed by atoms with Gasteiger partial charge in [-0.15, -0.1) is 0 Å². The van der Waals surface area contributed by atoms with Crippen LogP contribution in [0.15, 0.2) is 12.3 Å². The largest absolute Gasteiger partial charge is 0.338 e. The molecule has 1 aliphatic rings. The molecule has 17 heavy (non-hydrogen) atoms. The SMILES string of the molecule is O=C1CCCCCN1Cc1cnc(Cl)cc1Cl. The standard InChI is InChI=1S/C12H14Cl2N2O/c13-10-6-11(14)15-7-9(10)8-16-5-3-1-2-4-12(16)17/h6-7H,1-5,8H2. The zero-order valence-corrected chi connectivity index (χ0v) is 11.0. The van der Waals surface area contributed by atoms with Gasteiger partial charge >= 0.3 is 0 Å².